The van der Waals surface area contributed by atoms with Crippen molar-refractivity contribution in [2.45, 2.75) is 19.4 Å². The van der Waals surface area contributed by atoms with Crippen LogP contribution in [0.5, 0.6) is 0 Å². The molecule has 2 heterocycles. The molecular weight excluding hydrogens is 444 g/mol. The number of anilines is 1. The Balaban J connectivity index is 1.26. The molecule has 1 aliphatic rings. The van der Waals surface area contributed by atoms with E-state index in [4.69, 9.17) is 0 Å². The van der Waals surface area contributed by atoms with E-state index >= 15 is 0 Å². The summed E-state index contributed by atoms with van der Waals surface area (Å²) in [5.74, 6) is -0.296. The van der Waals surface area contributed by atoms with Crippen LogP contribution in [0, 0.1) is 0 Å². The van der Waals surface area contributed by atoms with E-state index < -0.39 is 0 Å². The molecule has 2 aromatic carbocycles. The Kier molecular flexibility index (Phi) is 8.46. The predicted octanol–water partition coefficient (Wildman–Crippen LogP) is 4.04. The van der Waals surface area contributed by atoms with Gasteiger partial charge in [0, 0.05) is 37.6 Å². The molecule has 1 atom stereocenters. The number of carbonyl (C=O) groups excluding carboxylic acids is 2. The monoisotopic (exact) mass is 476 g/mol. The maximum Gasteiger partial charge on any atom is 0.253 e. The van der Waals surface area contributed by atoms with Gasteiger partial charge in [0.05, 0.1) is 23.8 Å². The summed E-state index contributed by atoms with van der Waals surface area (Å²) in [4.78, 5) is 31.7. The van der Waals surface area contributed by atoms with Gasteiger partial charge in [-0.15, -0.1) is 11.3 Å². The number of nitrogens with zero attached hydrogens (tertiary/aromatic N) is 2. The molecule has 0 bridgehead atoms. The summed E-state index contributed by atoms with van der Waals surface area (Å²) >= 11 is 1.81. The molecule has 3 aromatic rings. The molecule has 0 radical (unpaired) electrons. The SMILES string of the molecule is CC(NC(=O)c1ccccc1NC(=O)CN1CCN(CCc2cccs2)CC1)c1ccccc1. The third-order valence-electron chi connectivity index (χ3n) is 6.18. The fraction of sp³-hybridized carbons (Fsp3) is 0.333. The Bertz CT molecular complexity index is 1060. The maximum atomic E-state index is 12.9. The number of amides is 2. The topological polar surface area (TPSA) is 64.7 Å². The van der Waals surface area contributed by atoms with Gasteiger partial charge in [0.2, 0.25) is 5.91 Å². The van der Waals surface area contributed by atoms with Gasteiger partial charge in [0.25, 0.3) is 5.91 Å². The third kappa shape index (κ3) is 6.76. The summed E-state index contributed by atoms with van der Waals surface area (Å²) < 4.78 is 0. The molecule has 1 fully saturated rings. The van der Waals surface area contributed by atoms with Crippen LogP contribution in [0.4, 0.5) is 5.69 Å². The first kappa shape index (κ1) is 24.1. The second kappa shape index (κ2) is 11.9. The zero-order chi connectivity index (χ0) is 23.8. The van der Waals surface area contributed by atoms with E-state index in [-0.39, 0.29) is 17.9 Å². The highest BCUT2D eigenvalue weighted by molar-refractivity contribution is 7.09. The predicted molar refractivity (Wildman–Crippen MR) is 138 cm³/mol. The number of hydrogen-bond donors (Lipinski definition) is 2. The summed E-state index contributed by atoms with van der Waals surface area (Å²) in [5.41, 5.74) is 2.05. The van der Waals surface area contributed by atoms with Gasteiger partial charge < -0.3 is 15.5 Å². The first-order valence-electron chi connectivity index (χ1n) is 11.8. The smallest absolute Gasteiger partial charge is 0.253 e. The van der Waals surface area contributed by atoms with Crippen LogP contribution in [0.3, 0.4) is 0 Å². The number of carbonyl (C=O) groups is 2. The van der Waals surface area contributed by atoms with Gasteiger partial charge in [-0.2, -0.15) is 0 Å². The summed E-state index contributed by atoms with van der Waals surface area (Å²) in [6.45, 7) is 7.02. The van der Waals surface area contributed by atoms with Crippen molar-refractivity contribution in [3.05, 3.63) is 88.1 Å². The van der Waals surface area contributed by atoms with Crippen molar-refractivity contribution in [2.75, 3.05) is 44.6 Å². The molecule has 4 rings (SSSR count). The molecule has 178 valence electrons. The van der Waals surface area contributed by atoms with E-state index in [2.05, 4.69) is 37.9 Å². The average Bonchev–Trinajstić information content (AvgIpc) is 3.38. The van der Waals surface area contributed by atoms with Gasteiger partial charge in [0.15, 0.2) is 0 Å². The fourth-order valence-electron chi connectivity index (χ4n) is 4.18. The average molecular weight is 477 g/mol. The molecule has 34 heavy (non-hydrogen) atoms. The highest BCUT2D eigenvalue weighted by Gasteiger charge is 2.20. The number of hydrogen-bond acceptors (Lipinski definition) is 5. The van der Waals surface area contributed by atoms with Crippen LogP contribution < -0.4 is 10.6 Å². The maximum absolute atomic E-state index is 12.9. The van der Waals surface area contributed by atoms with Crippen LogP contribution in [-0.2, 0) is 11.2 Å². The molecule has 2 amide bonds. The first-order chi connectivity index (χ1) is 16.6. The minimum Gasteiger partial charge on any atom is -0.345 e. The summed E-state index contributed by atoms with van der Waals surface area (Å²) in [6, 6.07) is 21.2. The van der Waals surface area contributed by atoms with Crippen LogP contribution in [0.1, 0.15) is 33.8 Å². The standard InChI is InChI=1S/C27H32N4O2S/c1-21(22-8-3-2-4-9-22)28-27(33)24-11-5-6-12-25(24)29-26(32)20-31-17-15-30(16-18-31)14-13-23-10-7-19-34-23/h2-12,19,21H,13-18,20H2,1H3,(H,28,33)(H,29,32). The largest absolute Gasteiger partial charge is 0.345 e. The molecule has 1 saturated heterocycles. The van der Waals surface area contributed by atoms with Crippen molar-refractivity contribution >= 4 is 28.8 Å². The number of rotatable bonds is 9. The number of para-hydroxylation sites is 1. The van der Waals surface area contributed by atoms with Gasteiger partial charge in [-0.05, 0) is 42.5 Å². The number of piperazine rings is 1. The van der Waals surface area contributed by atoms with Crippen LogP contribution in [-0.4, -0.2) is 60.9 Å². The van der Waals surface area contributed by atoms with Crippen LogP contribution in [0.25, 0.3) is 0 Å². The molecule has 6 nitrogen and oxygen atoms in total. The number of nitrogens with one attached hydrogen (secondary N) is 2. The Morgan fingerprint density at radius 3 is 2.35 bits per heavy atom. The second-order valence-corrected chi connectivity index (χ2v) is 9.68. The Morgan fingerprint density at radius 1 is 0.912 bits per heavy atom. The summed E-state index contributed by atoms with van der Waals surface area (Å²) in [7, 11) is 0. The quantitative estimate of drug-likeness (QED) is 0.489. The lowest BCUT2D eigenvalue weighted by atomic mass is 10.1. The minimum atomic E-state index is -0.202. The van der Waals surface area contributed by atoms with Gasteiger partial charge in [-0.3, -0.25) is 14.5 Å². The lowest BCUT2D eigenvalue weighted by molar-refractivity contribution is -0.117. The highest BCUT2D eigenvalue weighted by Crippen LogP contribution is 2.18. The molecule has 0 aliphatic carbocycles. The van der Waals surface area contributed by atoms with E-state index in [1.54, 1.807) is 12.1 Å². The van der Waals surface area contributed by atoms with E-state index in [1.807, 2.05) is 60.7 Å². The molecule has 1 unspecified atom stereocenters. The Labute approximate surface area is 205 Å². The van der Waals surface area contributed by atoms with E-state index in [9.17, 15) is 9.59 Å². The second-order valence-electron chi connectivity index (χ2n) is 8.65. The number of thiophene rings is 1. The lowest BCUT2D eigenvalue weighted by Crippen LogP contribution is -2.49. The van der Waals surface area contributed by atoms with Crippen molar-refractivity contribution in [3.8, 4) is 0 Å². The van der Waals surface area contributed by atoms with Gasteiger partial charge in [-0.1, -0.05) is 48.5 Å². The lowest BCUT2D eigenvalue weighted by Gasteiger charge is -2.34. The third-order valence-corrected chi connectivity index (χ3v) is 7.12. The molecule has 0 saturated carbocycles. The first-order valence-corrected chi connectivity index (χ1v) is 12.7. The van der Waals surface area contributed by atoms with Crippen molar-refractivity contribution in [2.24, 2.45) is 0 Å². The van der Waals surface area contributed by atoms with Crippen molar-refractivity contribution in [1.29, 1.82) is 0 Å². The fourth-order valence-corrected chi connectivity index (χ4v) is 4.87. The van der Waals surface area contributed by atoms with Crippen LogP contribution in [0.2, 0.25) is 0 Å². The van der Waals surface area contributed by atoms with Crippen LogP contribution >= 0.6 is 11.3 Å². The zero-order valence-electron chi connectivity index (χ0n) is 19.6. The van der Waals surface area contributed by atoms with Crippen LogP contribution in [0.15, 0.2) is 72.1 Å². The van der Waals surface area contributed by atoms with Gasteiger partial charge in [0.1, 0.15) is 0 Å². The van der Waals surface area contributed by atoms with Crippen molar-refractivity contribution in [3.63, 3.8) is 0 Å². The normalized spacial score (nSPS) is 15.6. The molecule has 0 spiro atoms. The van der Waals surface area contributed by atoms with Gasteiger partial charge >= 0.3 is 0 Å². The van der Waals surface area contributed by atoms with E-state index in [0.29, 0.717) is 17.8 Å². The zero-order valence-corrected chi connectivity index (χ0v) is 20.4. The molecular formula is C27H32N4O2S. The molecule has 1 aliphatic heterocycles. The molecule has 1 aromatic heterocycles. The Hall–Kier alpha value is -3.00. The summed E-state index contributed by atoms with van der Waals surface area (Å²) in [5, 5.41) is 8.10. The highest BCUT2D eigenvalue weighted by atomic mass is 32.1. The van der Waals surface area contributed by atoms with Gasteiger partial charge in [-0.25, -0.2) is 0 Å². The summed E-state index contributed by atoms with van der Waals surface area (Å²) in [6.07, 6.45) is 1.08. The molecule has 7 heteroatoms. The molecule has 2 N–H and O–H groups in total. The van der Waals surface area contributed by atoms with Crippen molar-refractivity contribution in [1.82, 2.24) is 15.1 Å². The Morgan fingerprint density at radius 2 is 1.62 bits per heavy atom. The van der Waals surface area contributed by atoms with Crippen molar-refractivity contribution < 1.29 is 9.59 Å². The number of benzene rings is 2. The van der Waals surface area contributed by atoms with E-state index in [1.165, 1.54) is 4.88 Å². The minimum absolute atomic E-state index is 0.0941. The van der Waals surface area contributed by atoms with E-state index in [0.717, 1.165) is 44.7 Å².